The molecular formula is C16H16ClF2NO3S. The normalized spacial score (nSPS) is 19.0. The Morgan fingerprint density at radius 3 is 2.96 bits per heavy atom. The zero-order valence-electron chi connectivity index (χ0n) is 12.9. The second-order valence-corrected chi connectivity index (χ2v) is 7.03. The molecule has 0 radical (unpaired) electrons. The number of hydrogen-bond donors (Lipinski definition) is 1. The Balaban J connectivity index is 1.80. The lowest BCUT2D eigenvalue weighted by Crippen LogP contribution is -2.40. The average Bonchev–Trinajstić information content (AvgIpc) is 3.15. The highest BCUT2D eigenvalue weighted by Gasteiger charge is 2.26. The molecule has 0 bridgehead atoms. The lowest BCUT2D eigenvalue weighted by Gasteiger charge is -2.19. The zero-order valence-corrected chi connectivity index (χ0v) is 14.4. The zero-order chi connectivity index (χ0) is 17.3. The van der Waals surface area contributed by atoms with E-state index >= 15 is 0 Å². The topological polar surface area (TPSA) is 47.6 Å². The highest BCUT2D eigenvalue weighted by Crippen LogP contribution is 2.37. The van der Waals surface area contributed by atoms with Crippen molar-refractivity contribution in [1.82, 2.24) is 5.32 Å². The molecule has 2 heterocycles. The summed E-state index contributed by atoms with van der Waals surface area (Å²) in [5, 5.41) is 3.85. The van der Waals surface area contributed by atoms with E-state index in [0.29, 0.717) is 26.6 Å². The second-order valence-electron chi connectivity index (χ2n) is 5.60. The summed E-state index contributed by atoms with van der Waals surface area (Å²) in [5.41, 5.74) is 0. The summed E-state index contributed by atoms with van der Waals surface area (Å²) >= 11 is 7.43. The van der Waals surface area contributed by atoms with E-state index in [2.05, 4.69) is 10.1 Å². The molecule has 8 heteroatoms. The molecule has 0 aliphatic carbocycles. The van der Waals surface area contributed by atoms with Crippen molar-refractivity contribution < 1.29 is 23.0 Å². The fraction of sp³-hybridized carbons (Fsp3) is 0.438. The molecule has 1 fully saturated rings. The van der Waals surface area contributed by atoms with Gasteiger partial charge in [0.25, 0.3) is 5.91 Å². The predicted octanol–water partition coefficient (Wildman–Crippen LogP) is 4.45. The largest absolute Gasteiger partial charge is 0.435 e. The highest BCUT2D eigenvalue weighted by molar-refractivity contribution is 7.21. The van der Waals surface area contributed by atoms with Gasteiger partial charge in [-0.15, -0.1) is 11.3 Å². The molecule has 1 aliphatic rings. The number of rotatable bonds is 5. The summed E-state index contributed by atoms with van der Waals surface area (Å²) in [4.78, 5) is 12.8. The van der Waals surface area contributed by atoms with Crippen molar-refractivity contribution in [2.24, 2.45) is 0 Å². The summed E-state index contributed by atoms with van der Waals surface area (Å²) in [6, 6.07) is 4.31. The van der Waals surface area contributed by atoms with Crippen LogP contribution in [-0.2, 0) is 4.74 Å². The minimum Gasteiger partial charge on any atom is -0.435 e. The molecule has 1 aromatic heterocycles. The van der Waals surface area contributed by atoms with Crippen LogP contribution in [0.2, 0.25) is 5.02 Å². The van der Waals surface area contributed by atoms with Gasteiger partial charge in [-0.05, 0) is 38.0 Å². The Bertz CT molecular complexity index is 746. The molecule has 24 heavy (non-hydrogen) atoms. The summed E-state index contributed by atoms with van der Waals surface area (Å²) in [6.45, 7) is -0.293. The first-order valence-corrected chi connectivity index (χ1v) is 8.74. The number of benzene rings is 1. The van der Waals surface area contributed by atoms with Crippen LogP contribution in [0.15, 0.2) is 18.2 Å². The summed E-state index contributed by atoms with van der Waals surface area (Å²) in [5.74, 6) is -0.254. The fourth-order valence-corrected chi connectivity index (χ4v) is 4.18. The molecule has 1 N–H and O–H groups in total. The molecule has 4 nitrogen and oxygen atoms in total. The molecule has 1 amide bonds. The third kappa shape index (κ3) is 3.63. The van der Waals surface area contributed by atoms with Gasteiger partial charge in [0.1, 0.15) is 10.6 Å². The maximum Gasteiger partial charge on any atom is 0.387 e. The van der Waals surface area contributed by atoms with Crippen molar-refractivity contribution in [2.45, 2.75) is 38.5 Å². The molecule has 2 aromatic rings. The van der Waals surface area contributed by atoms with Crippen LogP contribution in [-0.4, -0.2) is 31.3 Å². The van der Waals surface area contributed by atoms with Crippen LogP contribution in [0.1, 0.15) is 29.4 Å². The second kappa shape index (κ2) is 7.21. The van der Waals surface area contributed by atoms with E-state index in [0.717, 1.165) is 24.2 Å². The standard InChI is InChI=1S/C16H16ClF2NO3S/c1-8(11-3-2-6-22-11)20-15(21)14-13(17)10-5-4-9(23-16(18)19)7-12(10)24-14/h4-5,7-8,11,16H,2-3,6H2,1H3,(H,20,21)/t8-,11+/m1/s1. The Hall–Kier alpha value is -1.44. The van der Waals surface area contributed by atoms with Crippen molar-refractivity contribution in [3.63, 3.8) is 0 Å². The van der Waals surface area contributed by atoms with Crippen LogP contribution in [0.25, 0.3) is 10.1 Å². The van der Waals surface area contributed by atoms with Gasteiger partial charge >= 0.3 is 6.61 Å². The van der Waals surface area contributed by atoms with Crippen LogP contribution in [0.5, 0.6) is 5.75 Å². The smallest absolute Gasteiger partial charge is 0.387 e. The van der Waals surface area contributed by atoms with Gasteiger partial charge in [-0.3, -0.25) is 4.79 Å². The van der Waals surface area contributed by atoms with Crippen molar-refractivity contribution >= 4 is 38.9 Å². The van der Waals surface area contributed by atoms with Gasteiger partial charge in [0.05, 0.1) is 17.2 Å². The summed E-state index contributed by atoms with van der Waals surface area (Å²) < 4.78 is 35.2. The van der Waals surface area contributed by atoms with E-state index in [1.807, 2.05) is 6.92 Å². The van der Waals surface area contributed by atoms with Crippen molar-refractivity contribution in [1.29, 1.82) is 0 Å². The molecular weight excluding hydrogens is 360 g/mol. The number of amides is 1. The van der Waals surface area contributed by atoms with Crippen molar-refractivity contribution in [3.8, 4) is 5.75 Å². The van der Waals surface area contributed by atoms with Gasteiger partial charge in [0.15, 0.2) is 0 Å². The number of halogens is 3. The number of nitrogens with one attached hydrogen (secondary N) is 1. The third-order valence-electron chi connectivity index (χ3n) is 3.91. The van der Waals surface area contributed by atoms with Gasteiger partial charge in [-0.1, -0.05) is 11.6 Å². The number of alkyl halides is 2. The minimum atomic E-state index is -2.90. The van der Waals surface area contributed by atoms with Crippen LogP contribution >= 0.6 is 22.9 Å². The number of hydrogen-bond acceptors (Lipinski definition) is 4. The van der Waals surface area contributed by atoms with E-state index in [1.54, 1.807) is 6.07 Å². The Labute approximate surface area is 146 Å². The molecule has 1 saturated heterocycles. The van der Waals surface area contributed by atoms with E-state index < -0.39 is 6.61 Å². The number of thiophene rings is 1. The molecule has 0 saturated carbocycles. The summed E-state index contributed by atoms with van der Waals surface area (Å²) in [7, 11) is 0. The van der Waals surface area contributed by atoms with Gasteiger partial charge in [0.2, 0.25) is 0 Å². The SMILES string of the molecule is C[C@@H](NC(=O)c1sc2cc(OC(F)F)ccc2c1Cl)[C@@H]1CCCO1. The number of carbonyl (C=O) groups excluding carboxylic acids is 1. The van der Waals surface area contributed by atoms with E-state index in [9.17, 15) is 13.6 Å². The monoisotopic (exact) mass is 375 g/mol. The van der Waals surface area contributed by atoms with Crippen molar-refractivity contribution in [2.75, 3.05) is 6.61 Å². The van der Waals surface area contributed by atoms with E-state index in [4.69, 9.17) is 16.3 Å². The first kappa shape index (κ1) is 17.4. The molecule has 1 aromatic carbocycles. The molecule has 1 aliphatic heterocycles. The van der Waals surface area contributed by atoms with E-state index in [-0.39, 0.29) is 23.8 Å². The third-order valence-corrected chi connectivity index (χ3v) is 5.57. The minimum absolute atomic E-state index is 0.00754. The number of carbonyl (C=O) groups is 1. The van der Waals surface area contributed by atoms with Gasteiger partial charge in [-0.2, -0.15) is 8.78 Å². The Morgan fingerprint density at radius 2 is 2.29 bits per heavy atom. The average molecular weight is 376 g/mol. The number of fused-ring (bicyclic) bond motifs is 1. The van der Waals surface area contributed by atoms with Crippen LogP contribution in [0.4, 0.5) is 8.78 Å². The highest BCUT2D eigenvalue weighted by atomic mass is 35.5. The predicted molar refractivity (Wildman–Crippen MR) is 89.4 cm³/mol. The first-order chi connectivity index (χ1) is 11.5. The van der Waals surface area contributed by atoms with Crippen molar-refractivity contribution in [3.05, 3.63) is 28.1 Å². The quantitative estimate of drug-likeness (QED) is 0.839. The molecule has 0 unspecified atom stereocenters. The van der Waals surface area contributed by atoms with E-state index in [1.165, 1.54) is 12.1 Å². The lowest BCUT2D eigenvalue weighted by molar-refractivity contribution is -0.0497. The Morgan fingerprint density at radius 1 is 1.50 bits per heavy atom. The van der Waals surface area contributed by atoms with Gasteiger partial charge in [0, 0.05) is 16.7 Å². The molecule has 3 rings (SSSR count). The van der Waals surface area contributed by atoms with Gasteiger partial charge in [-0.25, -0.2) is 0 Å². The summed E-state index contributed by atoms with van der Waals surface area (Å²) in [6.07, 6.45) is 1.91. The molecule has 2 atom stereocenters. The van der Waals surface area contributed by atoms with Crippen LogP contribution in [0.3, 0.4) is 0 Å². The lowest BCUT2D eigenvalue weighted by atomic mass is 10.1. The molecule has 0 spiro atoms. The Kier molecular flexibility index (Phi) is 5.22. The fourth-order valence-electron chi connectivity index (χ4n) is 2.73. The van der Waals surface area contributed by atoms with Gasteiger partial charge < -0.3 is 14.8 Å². The maximum absolute atomic E-state index is 12.5. The van der Waals surface area contributed by atoms with Crippen LogP contribution in [0, 0.1) is 0 Å². The molecule has 130 valence electrons. The van der Waals surface area contributed by atoms with Crippen LogP contribution < -0.4 is 10.1 Å². The maximum atomic E-state index is 12.5. The first-order valence-electron chi connectivity index (χ1n) is 7.55. The number of ether oxygens (including phenoxy) is 2.